The quantitative estimate of drug-likeness (QED) is 0.516. The highest BCUT2D eigenvalue weighted by molar-refractivity contribution is 5.81. The van der Waals surface area contributed by atoms with Gasteiger partial charge in [-0.05, 0) is 31.1 Å². The van der Waals surface area contributed by atoms with Crippen LogP contribution in [0.15, 0.2) is 0 Å². The van der Waals surface area contributed by atoms with E-state index in [1.165, 1.54) is 38.5 Å². The first kappa shape index (κ1) is 15.5. The molecule has 0 spiro atoms. The molecule has 106 valence electrons. The fraction of sp³-hybridized carbons (Fsp3) is 0.938. The number of likely N-dealkylation sites (tertiary alicyclic amines) is 1. The number of nitrogens with one attached hydrogen (secondary N) is 1. The molecule has 0 aliphatic carbocycles. The van der Waals surface area contributed by atoms with Gasteiger partial charge in [0.25, 0.3) is 0 Å². The van der Waals surface area contributed by atoms with E-state index in [0.29, 0.717) is 11.3 Å². The molecule has 0 aromatic rings. The summed E-state index contributed by atoms with van der Waals surface area (Å²) in [6.07, 6.45) is 8.65. The zero-order chi connectivity index (χ0) is 13.6. The highest BCUT2D eigenvalue weighted by atomic mass is 15.2. The van der Waals surface area contributed by atoms with Crippen LogP contribution in [0.5, 0.6) is 0 Å². The van der Waals surface area contributed by atoms with Crippen molar-refractivity contribution < 1.29 is 0 Å². The van der Waals surface area contributed by atoms with Gasteiger partial charge in [-0.3, -0.25) is 5.41 Å². The molecule has 0 radical (unpaired) electrons. The van der Waals surface area contributed by atoms with Gasteiger partial charge in [-0.25, -0.2) is 0 Å². The van der Waals surface area contributed by atoms with E-state index in [9.17, 15) is 0 Å². The predicted molar refractivity (Wildman–Crippen MR) is 80.2 cm³/mol. The Balaban J connectivity index is 2.67. The van der Waals surface area contributed by atoms with Crippen LogP contribution in [0.4, 0.5) is 0 Å². The molecule has 1 fully saturated rings. The van der Waals surface area contributed by atoms with Crippen LogP contribution in [0.1, 0.15) is 72.6 Å². The maximum absolute atomic E-state index is 8.47. The van der Waals surface area contributed by atoms with E-state index in [-0.39, 0.29) is 0 Å². The third kappa shape index (κ3) is 3.49. The molecule has 2 heteroatoms. The second kappa shape index (κ2) is 7.16. The van der Waals surface area contributed by atoms with E-state index in [1.54, 1.807) is 0 Å². The van der Waals surface area contributed by atoms with Crippen LogP contribution in [0.2, 0.25) is 0 Å². The lowest BCUT2D eigenvalue weighted by molar-refractivity contribution is 0.199. The lowest BCUT2D eigenvalue weighted by atomic mass is 9.72. The topological polar surface area (TPSA) is 27.1 Å². The van der Waals surface area contributed by atoms with Crippen LogP contribution in [0.25, 0.3) is 0 Å². The van der Waals surface area contributed by atoms with Crippen molar-refractivity contribution in [1.82, 2.24) is 4.90 Å². The van der Waals surface area contributed by atoms with E-state index in [4.69, 9.17) is 5.41 Å². The molecular formula is C16H32N2. The number of hydrogen-bond acceptors (Lipinski definition) is 1. The molecule has 1 atom stereocenters. The van der Waals surface area contributed by atoms with Gasteiger partial charge in [0, 0.05) is 19.0 Å². The average Bonchev–Trinajstić information content (AvgIpc) is 2.94. The number of rotatable bonds is 7. The van der Waals surface area contributed by atoms with Crippen molar-refractivity contribution in [1.29, 1.82) is 5.41 Å². The predicted octanol–water partition coefficient (Wildman–Crippen LogP) is 4.69. The summed E-state index contributed by atoms with van der Waals surface area (Å²) in [5.41, 5.74) is 0.465. The first-order valence-corrected chi connectivity index (χ1v) is 7.95. The Kier molecular flexibility index (Phi) is 6.17. The highest BCUT2D eigenvalue weighted by Crippen LogP contribution is 2.38. The van der Waals surface area contributed by atoms with Crippen molar-refractivity contribution in [3.8, 4) is 0 Å². The number of amidine groups is 1. The summed E-state index contributed by atoms with van der Waals surface area (Å²) in [4.78, 5) is 2.32. The van der Waals surface area contributed by atoms with Gasteiger partial charge in [-0.1, -0.05) is 47.0 Å². The van der Waals surface area contributed by atoms with E-state index in [1.807, 2.05) is 0 Å². The molecule has 1 heterocycles. The summed E-state index contributed by atoms with van der Waals surface area (Å²) in [6.45, 7) is 11.4. The van der Waals surface area contributed by atoms with E-state index in [0.717, 1.165) is 25.3 Å². The Morgan fingerprint density at radius 3 is 1.94 bits per heavy atom. The molecule has 1 N–H and O–H groups in total. The SMILES string of the molecule is CCC(CC(CC)(CC)CC)C(=N)N1CCCC1. The Labute approximate surface area is 114 Å². The van der Waals surface area contributed by atoms with Gasteiger partial charge >= 0.3 is 0 Å². The largest absolute Gasteiger partial charge is 0.360 e. The maximum atomic E-state index is 8.47. The molecule has 1 unspecified atom stereocenters. The Morgan fingerprint density at radius 1 is 1.06 bits per heavy atom. The summed E-state index contributed by atoms with van der Waals surface area (Å²) in [5.74, 6) is 1.40. The molecule has 1 aliphatic rings. The molecule has 1 rings (SSSR count). The van der Waals surface area contributed by atoms with Crippen molar-refractivity contribution >= 4 is 5.84 Å². The Morgan fingerprint density at radius 2 is 1.56 bits per heavy atom. The molecule has 0 amide bonds. The van der Waals surface area contributed by atoms with Gasteiger partial charge in [0.1, 0.15) is 0 Å². The first-order chi connectivity index (χ1) is 8.62. The third-order valence-electron chi connectivity index (χ3n) is 5.26. The minimum atomic E-state index is 0.465. The van der Waals surface area contributed by atoms with Crippen molar-refractivity contribution in [2.24, 2.45) is 11.3 Å². The van der Waals surface area contributed by atoms with Crippen LogP contribution in [-0.4, -0.2) is 23.8 Å². The zero-order valence-electron chi connectivity index (χ0n) is 12.9. The molecule has 0 saturated carbocycles. The van der Waals surface area contributed by atoms with Gasteiger partial charge in [0.15, 0.2) is 0 Å². The van der Waals surface area contributed by atoms with E-state index in [2.05, 4.69) is 32.6 Å². The second-order valence-corrected chi connectivity index (χ2v) is 5.95. The highest BCUT2D eigenvalue weighted by Gasteiger charge is 2.31. The average molecular weight is 252 g/mol. The van der Waals surface area contributed by atoms with Crippen LogP contribution < -0.4 is 0 Å². The molecule has 0 aromatic carbocycles. The molecule has 2 nitrogen and oxygen atoms in total. The minimum absolute atomic E-state index is 0.465. The summed E-state index contributed by atoms with van der Waals surface area (Å²) in [7, 11) is 0. The van der Waals surface area contributed by atoms with Crippen molar-refractivity contribution in [3.63, 3.8) is 0 Å². The maximum Gasteiger partial charge on any atom is 0.0989 e. The van der Waals surface area contributed by atoms with Gasteiger partial charge in [-0.15, -0.1) is 0 Å². The normalized spacial score (nSPS) is 18.1. The molecule has 18 heavy (non-hydrogen) atoms. The fourth-order valence-corrected chi connectivity index (χ4v) is 3.36. The Bertz CT molecular complexity index is 242. The number of nitrogens with zero attached hydrogens (tertiary/aromatic N) is 1. The minimum Gasteiger partial charge on any atom is -0.360 e. The van der Waals surface area contributed by atoms with Crippen molar-refractivity contribution in [3.05, 3.63) is 0 Å². The second-order valence-electron chi connectivity index (χ2n) is 5.95. The molecule has 1 saturated heterocycles. The standard InChI is InChI=1S/C16H32N2/c1-5-14(13-16(6-2,7-3)8-4)15(17)18-11-9-10-12-18/h14,17H,5-13H2,1-4H3. The summed E-state index contributed by atoms with van der Waals surface area (Å²) < 4.78 is 0. The monoisotopic (exact) mass is 252 g/mol. The van der Waals surface area contributed by atoms with Gasteiger partial charge in [-0.2, -0.15) is 0 Å². The summed E-state index contributed by atoms with van der Waals surface area (Å²) in [6, 6.07) is 0. The molecular weight excluding hydrogens is 220 g/mol. The van der Waals surface area contributed by atoms with Crippen LogP contribution in [-0.2, 0) is 0 Å². The van der Waals surface area contributed by atoms with Crippen LogP contribution in [0.3, 0.4) is 0 Å². The van der Waals surface area contributed by atoms with Gasteiger partial charge in [0.2, 0.25) is 0 Å². The van der Waals surface area contributed by atoms with Gasteiger partial charge in [0.05, 0.1) is 5.84 Å². The third-order valence-corrected chi connectivity index (χ3v) is 5.26. The lowest BCUT2D eigenvalue weighted by Crippen LogP contribution is -2.36. The van der Waals surface area contributed by atoms with Crippen LogP contribution in [0, 0.1) is 16.7 Å². The van der Waals surface area contributed by atoms with Gasteiger partial charge < -0.3 is 4.90 Å². The Hall–Kier alpha value is -0.530. The molecule has 0 aromatic heterocycles. The summed E-state index contributed by atoms with van der Waals surface area (Å²) in [5, 5.41) is 8.47. The van der Waals surface area contributed by atoms with Crippen molar-refractivity contribution in [2.45, 2.75) is 72.6 Å². The van der Waals surface area contributed by atoms with E-state index >= 15 is 0 Å². The van der Waals surface area contributed by atoms with Crippen molar-refractivity contribution in [2.75, 3.05) is 13.1 Å². The lowest BCUT2D eigenvalue weighted by Gasteiger charge is -2.36. The molecule has 1 aliphatic heterocycles. The molecule has 0 bridgehead atoms. The smallest absolute Gasteiger partial charge is 0.0989 e. The van der Waals surface area contributed by atoms with E-state index < -0.39 is 0 Å². The fourth-order valence-electron chi connectivity index (χ4n) is 3.36. The summed E-state index contributed by atoms with van der Waals surface area (Å²) >= 11 is 0. The zero-order valence-corrected chi connectivity index (χ0v) is 12.9. The number of hydrogen-bond donors (Lipinski definition) is 1. The first-order valence-electron chi connectivity index (χ1n) is 7.95. The van der Waals surface area contributed by atoms with Crippen LogP contribution >= 0.6 is 0 Å².